The molecule has 0 aliphatic carbocycles. The molecule has 0 fully saturated rings. The van der Waals surface area contributed by atoms with E-state index in [1.54, 1.807) is 12.1 Å². The van der Waals surface area contributed by atoms with Crippen molar-refractivity contribution >= 4 is 23.2 Å². The van der Waals surface area contributed by atoms with Crippen LogP contribution in [0.2, 0.25) is 10.2 Å². The first-order chi connectivity index (χ1) is 8.68. The standard InChI is InChI=1S/C12H9Cl2FN2O/c13-8-2-1-3-9(15)11(8)17-12(14)7-6-18-5-4-10(7)16-17/h1-3H,4-6H2. The minimum atomic E-state index is -0.454. The Morgan fingerprint density at radius 1 is 1.33 bits per heavy atom. The van der Waals surface area contributed by atoms with Gasteiger partial charge in [0.25, 0.3) is 0 Å². The predicted octanol–water partition coefficient (Wildman–Crippen LogP) is 3.39. The maximum absolute atomic E-state index is 13.8. The molecule has 6 heteroatoms. The summed E-state index contributed by atoms with van der Waals surface area (Å²) in [6.07, 6.45) is 0.675. The normalized spacial score (nSPS) is 14.6. The first-order valence-corrected chi connectivity index (χ1v) is 6.22. The van der Waals surface area contributed by atoms with Crippen LogP contribution in [-0.4, -0.2) is 16.4 Å². The second-order valence-electron chi connectivity index (χ2n) is 4.00. The van der Waals surface area contributed by atoms with Gasteiger partial charge in [-0.3, -0.25) is 0 Å². The van der Waals surface area contributed by atoms with Gasteiger partial charge in [-0.25, -0.2) is 9.07 Å². The highest BCUT2D eigenvalue weighted by Crippen LogP contribution is 2.31. The van der Waals surface area contributed by atoms with Gasteiger partial charge in [-0.05, 0) is 12.1 Å². The van der Waals surface area contributed by atoms with E-state index < -0.39 is 5.82 Å². The zero-order valence-electron chi connectivity index (χ0n) is 9.29. The van der Waals surface area contributed by atoms with Crippen LogP contribution in [0.5, 0.6) is 0 Å². The van der Waals surface area contributed by atoms with E-state index in [0.29, 0.717) is 24.8 Å². The molecule has 3 nitrogen and oxygen atoms in total. The summed E-state index contributed by atoms with van der Waals surface area (Å²) in [5.41, 5.74) is 1.83. The summed E-state index contributed by atoms with van der Waals surface area (Å²) >= 11 is 12.2. The lowest BCUT2D eigenvalue weighted by Gasteiger charge is -2.09. The third-order valence-electron chi connectivity index (χ3n) is 2.88. The molecule has 0 saturated carbocycles. The second kappa shape index (κ2) is 4.53. The van der Waals surface area contributed by atoms with Gasteiger partial charge in [0, 0.05) is 12.0 Å². The SMILES string of the molecule is Fc1cccc(Cl)c1-n1nc2c(c1Cl)COCC2. The van der Waals surface area contributed by atoms with Crippen molar-refractivity contribution in [2.75, 3.05) is 6.61 Å². The Balaban J connectivity index is 2.21. The number of hydrogen-bond donors (Lipinski definition) is 0. The van der Waals surface area contributed by atoms with Gasteiger partial charge in [0.15, 0.2) is 0 Å². The molecule has 3 rings (SSSR count). The van der Waals surface area contributed by atoms with Gasteiger partial charge >= 0.3 is 0 Å². The van der Waals surface area contributed by atoms with Crippen LogP contribution in [0.3, 0.4) is 0 Å². The van der Waals surface area contributed by atoms with Gasteiger partial charge < -0.3 is 4.74 Å². The molecule has 1 aromatic carbocycles. The van der Waals surface area contributed by atoms with Gasteiger partial charge in [-0.15, -0.1) is 0 Å². The molecule has 0 amide bonds. The molecule has 1 aliphatic rings. The van der Waals surface area contributed by atoms with Gasteiger partial charge in [0.1, 0.15) is 16.7 Å². The van der Waals surface area contributed by atoms with Crippen molar-refractivity contribution in [1.29, 1.82) is 0 Å². The molecule has 0 bridgehead atoms. The maximum atomic E-state index is 13.8. The van der Waals surface area contributed by atoms with E-state index in [9.17, 15) is 4.39 Å². The number of halogens is 3. The van der Waals surface area contributed by atoms with Crippen molar-refractivity contribution in [1.82, 2.24) is 9.78 Å². The van der Waals surface area contributed by atoms with Crippen molar-refractivity contribution in [2.45, 2.75) is 13.0 Å². The number of rotatable bonds is 1. The quantitative estimate of drug-likeness (QED) is 0.804. The number of ether oxygens (including phenoxy) is 1. The number of aromatic nitrogens is 2. The molecule has 0 saturated heterocycles. The molecule has 0 N–H and O–H groups in total. The van der Waals surface area contributed by atoms with Crippen LogP contribution in [0.1, 0.15) is 11.3 Å². The van der Waals surface area contributed by atoms with Gasteiger partial charge in [0.05, 0.1) is 23.9 Å². The van der Waals surface area contributed by atoms with Crippen molar-refractivity contribution < 1.29 is 9.13 Å². The van der Waals surface area contributed by atoms with Gasteiger partial charge in [-0.2, -0.15) is 5.10 Å². The molecule has 1 aromatic heterocycles. The minimum Gasteiger partial charge on any atom is -0.376 e. The lowest BCUT2D eigenvalue weighted by atomic mass is 10.2. The zero-order valence-corrected chi connectivity index (χ0v) is 10.8. The highest BCUT2D eigenvalue weighted by Gasteiger charge is 2.23. The van der Waals surface area contributed by atoms with Crippen LogP contribution in [0.25, 0.3) is 5.69 Å². The van der Waals surface area contributed by atoms with E-state index in [2.05, 4.69) is 5.10 Å². The number of para-hydroxylation sites is 1. The molecular weight excluding hydrogens is 278 g/mol. The summed E-state index contributed by atoms with van der Waals surface area (Å²) in [5, 5.41) is 4.96. The fourth-order valence-corrected chi connectivity index (χ4v) is 2.53. The van der Waals surface area contributed by atoms with Crippen LogP contribution < -0.4 is 0 Å². The van der Waals surface area contributed by atoms with Crippen LogP contribution in [0.4, 0.5) is 4.39 Å². The predicted molar refractivity (Wildman–Crippen MR) is 66.9 cm³/mol. The number of fused-ring (bicyclic) bond motifs is 1. The Bertz CT molecular complexity index is 592. The van der Waals surface area contributed by atoms with Crippen LogP contribution in [0, 0.1) is 5.82 Å². The van der Waals surface area contributed by atoms with Gasteiger partial charge in [0.2, 0.25) is 0 Å². The largest absolute Gasteiger partial charge is 0.376 e. The molecule has 18 heavy (non-hydrogen) atoms. The highest BCUT2D eigenvalue weighted by molar-refractivity contribution is 6.33. The smallest absolute Gasteiger partial charge is 0.150 e. The molecule has 2 heterocycles. The number of hydrogen-bond acceptors (Lipinski definition) is 2. The molecule has 2 aromatic rings. The summed E-state index contributed by atoms with van der Waals surface area (Å²) in [7, 11) is 0. The average Bonchev–Trinajstić information content (AvgIpc) is 2.68. The second-order valence-corrected chi connectivity index (χ2v) is 4.77. The average molecular weight is 287 g/mol. The Hall–Kier alpha value is -1.10. The Labute approximate surface area is 113 Å². The first kappa shape index (κ1) is 12.0. The van der Waals surface area contributed by atoms with E-state index in [-0.39, 0.29) is 10.7 Å². The summed E-state index contributed by atoms with van der Waals surface area (Å²) in [6, 6.07) is 4.48. The Kier molecular flexibility index (Phi) is 3.01. The minimum absolute atomic E-state index is 0.179. The zero-order chi connectivity index (χ0) is 12.7. The molecule has 0 radical (unpaired) electrons. The van der Waals surface area contributed by atoms with Crippen LogP contribution in [0.15, 0.2) is 18.2 Å². The first-order valence-electron chi connectivity index (χ1n) is 5.47. The van der Waals surface area contributed by atoms with Crippen LogP contribution >= 0.6 is 23.2 Å². The highest BCUT2D eigenvalue weighted by atomic mass is 35.5. The monoisotopic (exact) mass is 286 g/mol. The van der Waals surface area contributed by atoms with Crippen LogP contribution in [-0.2, 0) is 17.8 Å². The topological polar surface area (TPSA) is 27.1 Å². The van der Waals surface area contributed by atoms with Crippen molar-refractivity contribution in [2.24, 2.45) is 0 Å². The van der Waals surface area contributed by atoms with E-state index in [1.807, 2.05) is 0 Å². The van der Waals surface area contributed by atoms with Crippen molar-refractivity contribution in [3.05, 3.63) is 45.4 Å². The molecule has 1 aliphatic heterocycles. The summed E-state index contributed by atoms with van der Waals surface area (Å²) in [6.45, 7) is 1.01. The maximum Gasteiger partial charge on any atom is 0.150 e. The molecule has 0 unspecified atom stereocenters. The van der Waals surface area contributed by atoms with E-state index in [1.165, 1.54) is 10.7 Å². The van der Waals surface area contributed by atoms with E-state index >= 15 is 0 Å². The number of nitrogens with zero attached hydrogens (tertiary/aromatic N) is 2. The Morgan fingerprint density at radius 2 is 2.17 bits per heavy atom. The molecule has 0 atom stereocenters. The third kappa shape index (κ3) is 1.81. The lowest BCUT2D eigenvalue weighted by molar-refractivity contribution is 0.110. The van der Waals surface area contributed by atoms with E-state index in [0.717, 1.165) is 11.3 Å². The number of benzene rings is 1. The summed E-state index contributed by atoms with van der Waals surface area (Å²) < 4.78 is 20.5. The fraction of sp³-hybridized carbons (Fsp3) is 0.250. The molecule has 0 spiro atoms. The summed E-state index contributed by atoms with van der Waals surface area (Å²) in [4.78, 5) is 0. The van der Waals surface area contributed by atoms with E-state index in [4.69, 9.17) is 27.9 Å². The van der Waals surface area contributed by atoms with Crippen molar-refractivity contribution in [3.63, 3.8) is 0 Å². The fourth-order valence-electron chi connectivity index (χ4n) is 2.00. The Morgan fingerprint density at radius 3 is 2.89 bits per heavy atom. The lowest BCUT2D eigenvalue weighted by Crippen LogP contribution is -2.08. The summed E-state index contributed by atoms with van der Waals surface area (Å²) in [5.74, 6) is -0.454. The molecule has 94 valence electrons. The third-order valence-corrected chi connectivity index (χ3v) is 3.58. The van der Waals surface area contributed by atoms with Crippen molar-refractivity contribution in [3.8, 4) is 5.69 Å². The molecular formula is C12H9Cl2FN2O. The van der Waals surface area contributed by atoms with Gasteiger partial charge in [-0.1, -0.05) is 29.3 Å².